The van der Waals surface area contributed by atoms with Gasteiger partial charge in [0, 0.05) is 31.2 Å². The van der Waals surface area contributed by atoms with Gasteiger partial charge in [-0.05, 0) is 43.4 Å². The van der Waals surface area contributed by atoms with Crippen molar-refractivity contribution in [1.82, 2.24) is 10.2 Å². The van der Waals surface area contributed by atoms with Crippen LogP contribution in [0.2, 0.25) is 0 Å². The van der Waals surface area contributed by atoms with Gasteiger partial charge in [-0.2, -0.15) is 0 Å². The second-order valence-corrected chi connectivity index (χ2v) is 8.77. The lowest BCUT2D eigenvalue weighted by atomic mass is 9.74. The molecule has 1 saturated heterocycles. The Bertz CT molecular complexity index is 293. The number of nitrogens with one attached hydrogen (secondary N) is 1. The van der Waals surface area contributed by atoms with E-state index in [4.69, 9.17) is 0 Å². The van der Waals surface area contributed by atoms with E-state index >= 15 is 0 Å². The fourth-order valence-electron chi connectivity index (χ4n) is 3.69. The summed E-state index contributed by atoms with van der Waals surface area (Å²) in [6.45, 7) is 16.7. The molecule has 2 fully saturated rings. The standard InChI is InChI=1S/C17H34N2/c1-13-11-18-15(16(2,3)4)12-19(13)14-7-9-17(5,6)10-8-14/h13-15,18H,7-12H2,1-6H3. The van der Waals surface area contributed by atoms with Crippen LogP contribution in [-0.2, 0) is 0 Å². The van der Waals surface area contributed by atoms with Crippen LogP contribution < -0.4 is 5.32 Å². The van der Waals surface area contributed by atoms with Gasteiger partial charge >= 0.3 is 0 Å². The summed E-state index contributed by atoms with van der Waals surface area (Å²) in [5.74, 6) is 0. The summed E-state index contributed by atoms with van der Waals surface area (Å²) in [6.07, 6.45) is 5.59. The summed E-state index contributed by atoms with van der Waals surface area (Å²) in [6, 6.07) is 2.17. The van der Waals surface area contributed by atoms with E-state index in [9.17, 15) is 0 Å². The van der Waals surface area contributed by atoms with Crippen molar-refractivity contribution in [2.24, 2.45) is 10.8 Å². The normalized spacial score (nSPS) is 34.4. The molecule has 1 saturated carbocycles. The predicted octanol–water partition coefficient (Wildman–Crippen LogP) is 3.66. The van der Waals surface area contributed by atoms with Gasteiger partial charge in [0.2, 0.25) is 0 Å². The summed E-state index contributed by atoms with van der Waals surface area (Å²) >= 11 is 0. The Morgan fingerprint density at radius 3 is 2.21 bits per heavy atom. The molecular weight excluding hydrogens is 232 g/mol. The predicted molar refractivity (Wildman–Crippen MR) is 83.5 cm³/mol. The van der Waals surface area contributed by atoms with Crippen molar-refractivity contribution in [3.8, 4) is 0 Å². The summed E-state index contributed by atoms with van der Waals surface area (Å²) in [7, 11) is 0. The minimum Gasteiger partial charge on any atom is -0.311 e. The van der Waals surface area contributed by atoms with Gasteiger partial charge in [0.15, 0.2) is 0 Å². The smallest absolute Gasteiger partial charge is 0.0244 e. The summed E-state index contributed by atoms with van der Waals surface area (Å²) < 4.78 is 0. The Morgan fingerprint density at radius 2 is 1.68 bits per heavy atom. The molecule has 2 nitrogen and oxygen atoms in total. The summed E-state index contributed by atoms with van der Waals surface area (Å²) in [5.41, 5.74) is 0.948. The van der Waals surface area contributed by atoms with Gasteiger partial charge in [0.1, 0.15) is 0 Å². The Labute approximate surface area is 120 Å². The van der Waals surface area contributed by atoms with Crippen LogP contribution >= 0.6 is 0 Å². The van der Waals surface area contributed by atoms with Gasteiger partial charge in [0.25, 0.3) is 0 Å². The SMILES string of the molecule is CC1CNC(C(C)(C)C)CN1C1CCC(C)(C)CC1. The molecule has 0 aromatic heterocycles. The van der Waals surface area contributed by atoms with Crippen molar-refractivity contribution in [2.75, 3.05) is 13.1 Å². The van der Waals surface area contributed by atoms with E-state index in [0.717, 1.165) is 12.6 Å². The average molecular weight is 266 g/mol. The minimum absolute atomic E-state index is 0.367. The maximum atomic E-state index is 3.75. The monoisotopic (exact) mass is 266 g/mol. The van der Waals surface area contributed by atoms with E-state index in [1.807, 2.05) is 0 Å². The lowest BCUT2D eigenvalue weighted by Gasteiger charge is -2.49. The highest BCUT2D eigenvalue weighted by Gasteiger charge is 2.37. The quantitative estimate of drug-likeness (QED) is 0.779. The first-order chi connectivity index (χ1) is 8.69. The first-order valence-corrected chi connectivity index (χ1v) is 8.18. The van der Waals surface area contributed by atoms with Crippen molar-refractivity contribution < 1.29 is 0 Å². The van der Waals surface area contributed by atoms with E-state index in [0.29, 0.717) is 22.9 Å². The van der Waals surface area contributed by atoms with E-state index in [1.165, 1.54) is 32.2 Å². The van der Waals surface area contributed by atoms with E-state index in [2.05, 4.69) is 51.8 Å². The van der Waals surface area contributed by atoms with Gasteiger partial charge < -0.3 is 5.32 Å². The van der Waals surface area contributed by atoms with Crippen LogP contribution in [0.3, 0.4) is 0 Å². The van der Waals surface area contributed by atoms with Crippen LogP contribution in [0, 0.1) is 10.8 Å². The molecule has 1 N–H and O–H groups in total. The fourth-order valence-corrected chi connectivity index (χ4v) is 3.69. The van der Waals surface area contributed by atoms with Crippen LogP contribution in [0.1, 0.15) is 67.2 Å². The molecule has 19 heavy (non-hydrogen) atoms. The molecule has 0 radical (unpaired) electrons. The van der Waals surface area contributed by atoms with Gasteiger partial charge in [0.05, 0.1) is 0 Å². The van der Waals surface area contributed by atoms with E-state index < -0.39 is 0 Å². The molecule has 2 rings (SSSR count). The third kappa shape index (κ3) is 3.72. The van der Waals surface area contributed by atoms with Gasteiger partial charge in [-0.25, -0.2) is 0 Å². The van der Waals surface area contributed by atoms with Crippen LogP contribution in [-0.4, -0.2) is 36.1 Å². The number of nitrogens with zero attached hydrogens (tertiary/aromatic N) is 1. The zero-order chi connectivity index (χ0) is 14.3. The molecule has 0 aromatic carbocycles. The molecule has 0 amide bonds. The van der Waals surface area contributed by atoms with Gasteiger partial charge in [-0.3, -0.25) is 4.90 Å². The third-order valence-corrected chi connectivity index (χ3v) is 5.44. The number of piperazine rings is 1. The topological polar surface area (TPSA) is 15.3 Å². The molecule has 0 bridgehead atoms. The van der Waals surface area contributed by atoms with Crippen molar-refractivity contribution in [3.63, 3.8) is 0 Å². The second kappa shape index (κ2) is 5.37. The van der Waals surface area contributed by atoms with Crippen molar-refractivity contribution >= 4 is 0 Å². The molecule has 2 atom stereocenters. The highest BCUT2D eigenvalue weighted by atomic mass is 15.3. The molecule has 1 heterocycles. The average Bonchev–Trinajstić information content (AvgIpc) is 2.29. The Balaban J connectivity index is 1.98. The molecule has 1 aliphatic carbocycles. The molecular formula is C17H34N2. The molecule has 112 valence electrons. The highest BCUT2D eigenvalue weighted by Crippen LogP contribution is 2.38. The Hall–Kier alpha value is -0.0800. The van der Waals surface area contributed by atoms with Crippen LogP contribution in [0.15, 0.2) is 0 Å². The zero-order valence-electron chi connectivity index (χ0n) is 13.9. The lowest BCUT2D eigenvalue weighted by molar-refractivity contribution is 0.0258. The molecule has 2 unspecified atom stereocenters. The minimum atomic E-state index is 0.367. The molecule has 0 spiro atoms. The maximum Gasteiger partial charge on any atom is 0.0244 e. The van der Waals surface area contributed by atoms with Crippen molar-refractivity contribution in [3.05, 3.63) is 0 Å². The van der Waals surface area contributed by atoms with E-state index in [1.54, 1.807) is 0 Å². The largest absolute Gasteiger partial charge is 0.311 e. The number of hydrogen-bond acceptors (Lipinski definition) is 2. The van der Waals surface area contributed by atoms with Crippen molar-refractivity contribution in [2.45, 2.75) is 85.4 Å². The number of hydrogen-bond donors (Lipinski definition) is 1. The molecule has 2 aliphatic rings. The van der Waals surface area contributed by atoms with Gasteiger partial charge in [-0.15, -0.1) is 0 Å². The molecule has 1 aliphatic heterocycles. The van der Waals surface area contributed by atoms with Gasteiger partial charge in [-0.1, -0.05) is 34.6 Å². The van der Waals surface area contributed by atoms with E-state index in [-0.39, 0.29) is 0 Å². The highest BCUT2D eigenvalue weighted by molar-refractivity contribution is 4.94. The number of rotatable bonds is 1. The van der Waals surface area contributed by atoms with Crippen molar-refractivity contribution in [1.29, 1.82) is 0 Å². The fraction of sp³-hybridized carbons (Fsp3) is 1.00. The van der Waals surface area contributed by atoms with Crippen LogP contribution in [0.25, 0.3) is 0 Å². The lowest BCUT2D eigenvalue weighted by Crippen LogP contribution is -2.62. The summed E-state index contributed by atoms with van der Waals surface area (Å²) in [5, 5.41) is 3.75. The summed E-state index contributed by atoms with van der Waals surface area (Å²) in [4.78, 5) is 2.81. The Morgan fingerprint density at radius 1 is 1.11 bits per heavy atom. The first-order valence-electron chi connectivity index (χ1n) is 8.18. The zero-order valence-corrected chi connectivity index (χ0v) is 13.9. The van der Waals surface area contributed by atoms with Crippen LogP contribution in [0.5, 0.6) is 0 Å². The molecule has 0 aromatic rings. The second-order valence-electron chi connectivity index (χ2n) is 8.77. The van der Waals surface area contributed by atoms with Crippen LogP contribution in [0.4, 0.5) is 0 Å². The maximum absolute atomic E-state index is 3.75. The Kier molecular flexibility index (Phi) is 4.32. The molecule has 2 heteroatoms. The third-order valence-electron chi connectivity index (χ3n) is 5.44. The first kappa shape index (κ1) is 15.3.